The summed E-state index contributed by atoms with van der Waals surface area (Å²) in [7, 11) is 0. The molecule has 0 aliphatic heterocycles. The van der Waals surface area contributed by atoms with Crippen LogP contribution in [0.5, 0.6) is 0 Å². The molecule has 0 spiro atoms. The summed E-state index contributed by atoms with van der Waals surface area (Å²) in [5, 5.41) is 8.07. The lowest BCUT2D eigenvalue weighted by atomic mass is 10.2. The number of hydrogen-bond acceptors (Lipinski definition) is 5. The Balaban J connectivity index is 2.12. The summed E-state index contributed by atoms with van der Waals surface area (Å²) in [6.07, 6.45) is -3.99. The van der Waals surface area contributed by atoms with Crippen LogP contribution < -0.4 is 5.32 Å². The topological polar surface area (TPSA) is 72.2 Å². The minimum atomic E-state index is -4.66. The monoisotopic (exact) mass is 369 g/mol. The van der Waals surface area contributed by atoms with Crippen LogP contribution in [0.3, 0.4) is 0 Å². The van der Waals surface area contributed by atoms with Gasteiger partial charge in [0.15, 0.2) is 5.69 Å². The minimum Gasteiger partial charge on any atom is -0.347 e. The van der Waals surface area contributed by atoms with E-state index in [4.69, 9.17) is 0 Å². The summed E-state index contributed by atoms with van der Waals surface area (Å²) in [5.74, 6) is -1.25. The van der Waals surface area contributed by atoms with Crippen LogP contribution >= 0.6 is 11.3 Å². The van der Waals surface area contributed by atoms with Gasteiger partial charge in [0.25, 0.3) is 11.7 Å². The molecule has 1 atom stereocenters. The van der Waals surface area contributed by atoms with Gasteiger partial charge in [0, 0.05) is 6.04 Å². The number of nitrogens with one attached hydrogen (secondary N) is 1. The Labute approximate surface area is 144 Å². The molecule has 0 saturated heterocycles. The van der Waals surface area contributed by atoms with Crippen LogP contribution in [0.15, 0.2) is 23.6 Å². The molecule has 0 saturated carbocycles. The second-order valence-corrected chi connectivity index (χ2v) is 6.38. The normalized spacial score (nSPS) is 13.2. The molecule has 1 unspecified atom stereocenters. The summed E-state index contributed by atoms with van der Waals surface area (Å²) < 4.78 is 40.8. The fourth-order valence-electron chi connectivity index (χ4n) is 2.11. The summed E-state index contributed by atoms with van der Waals surface area (Å²) in [6, 6.07) is 4.14. The van der Waals surface area contributed by atoms with E-state index in [1.165, 1.54) is 11.3 Å². The number of carbonyl (C=O) groups is 1. The van der Waals surface area contributed by atoms with Crippen LogP contribution in [0, 0.1) is 0 Å². The maximum atomic E-state index is 13.4. The quantitative estimate of drug-likeness (QED) is 0.765. The molecule has 0 aromatic carbocycles. The lowest BCUT2D eigenvalue weighted by Gasteiger charge is -2.09. The molecule has 3 heterocycles. The zero-order chi connectivity index (χ0) is 18.2. The highest BCUT2D eigenvalue weighted by Gasteiger charge is 2.36. The van der Waals surface area contributed by atoms with E-state index < -0.39 is 17.8 Å². The highest BCUT2D eigenvalue weighted by molar-refractivity contribution is 7.13. The summed E-state index contributed by atoms with van der Waals surface area (Å²) in [5.41, 5.74) is -0.896. The van der Waals surface area contributed by atoms with E-state index in [1.54, 1.807) is 24.4 Å². The fourth-order valence-corrected chi connectivity index (χ4v) is 2.79. The summed E-state index contributed by atoms with van der Waals surface area (Å²) in [6.45, 7) is 3.65. The van der Waals surface area contributed by atoms with Crippen molar-refractivity contribution in [2.45, 2.75) is 32.5 Å². The number of aromatic nitrogens is 4. The summed E-state index contributed by atoms with van der Waals surface area (Å²) >= 11 is 1.26. The second kappa shape index (κ2) is 6.43. The molecule has 0 radical (unpaired) electrons. The molecule has 3 aromatic heterocycles. The predicted octanol–water partition coefficient (Wildman–Crippen LogP) is 3.40. The Hall–Kier alpha value is -2.49. The average Bonchev–Trinajstić information content (AvgIpc) is 3.21. The zero-order valence-electron chi connectivity index (χ0n) is 13.3. The molecule has 3 aromatic rings. The predicted molar refractivity (Wildman–Crippen MR) is 86.3 cm³/mol. The SMILES string of the molecule is CCC(C)NC(=O)c1nc2nc(-c3cccs3)cc(C(F)(F)F)n2n1. The molecule has 0 aliphatic carbocycles. The lowest BCUT2D eigenvalue weighted by Crippen LogP contribution is -2.32. The van der Waals surface area contributed by atoms with E-state index in [0.717, 1.165) is 6.07 Å². The maximum Gasteiger partial charge on any atom is 0.433 e. The second-order valence-electron chi connectivity index (χ2n) is 5.43. The molecule has 0 fully saturated rings. The first kappa shape index (κ1) is 17.3. The minimum absolute atomic E-state index is 0.135. The maximum absolute atomic E-state index is 13.4. The van der Waals surface area contributed by atoms with Crippen molar-refractivity contribution in [2.75, 3.05) is 0 Å². The Morgan fingerprint density at radius 1 is 1.40 bits per heavy atom. The van der Waals surface area contributed by atoms with E-state index in [-0.39, 0.29) is 23.3 Å². The first-order valence-corrected chi connectivity index (χ1v) is 8.37. The third-order valence-corrected chi connectivity index (χ3v) is 4.46. The molecule has 0 bridgehead atoms. The first-order valence-electron chi connectivity index (χ1n) is 7.49. The number of fused-ring (bicyclic) bond motifs is 1. The average molecular weight is 369 g/mol. The third-order valence-electron chi connectivity index (χ3n) is 3.57. The number of rotatable bonds is 4. The van der Waals surface area contributed by atoms with Gasteiger partial charge in [0.2, 0.25) is 5.82 Å². The fraction of sp³-hybridized carbons (Fsp3) is 0.333. The van der Waals surface area contributed by atoms with E-state index in [1.807, 2.05) is 6.92 Å². The largest absolute Gasteiger partial charge is 0.433 e. The van der Waals surface area contributed by atoms with Crippen molar-refractivity contribution in [2.24, 2.45) is 0 Å². The number of carbonyl (C=O) groups excluding carboxylic acids is 1. The van der Waals surface area contributed by atoms with E-state index in [0.29, 0.717) is 15.8 Å². The van der Waals surface area contributed by atoms with Crippen molar-refractivity contribution in [1.82, 2.24) is 24.9 Å². The van der Waals surface area contributed by atoms with Crippen molar-refractivity contribution < 1.29 is 18.0 Å². The molecule has 132 valence electrons. The number of nitrogens with zero attached hydrogens (tertiary/aromatic N) is 4. The number of thiophene rings is 1. The van der Waals surface area contributed by atoms with Crippen molar-refractivity contribution >= 4 is 23.0 Å². The lowest BCUT2D eigenvalue weighted by molar-refractivity contribution is -0.142. The van der Waals surface area contributed by atoms with Crippen molar-refractivity contribution in [1.29, 1.82) is 0 Å². The van der Waals surface area contributed by atoms with Crippen molar-refractivity contribution in [3.63, 3.8) is 0 Å². The van der Waals surface area contributed by atoms with Crippen molar-refractivity contribution in [3.05, 3.63) is 35.1 Å². The first-order chi connectivity index (χ1) is 11.8. The van der Waals surface area contributed by atoms with Gasteiger partial charge in [-0.15, -0.1) is 16.4 Å². The molecule has 10 heteroatoms. The highest BCUT2D eigenvalue weighted by Crippen LogP contribution is 2.32. The van der Waals surface area contributed by atoms with Gasteiger partial charge in [0.1, 0.15) is 0 Å². The van der Waals surface area contributed by atoms with Gasteiger partial charge in [-0.2, -0.15) is 22.7 Å². The smallest absolute Gasteiger partial charge is 0.347 e. The molecular weight excluding hydrogens is 355 g/mol. The van der Waals surface area contributed by atoms with Crippen LogP contribution in [0.4, 0.5) is 13.2 Å². The van der Waals surface area contributed by atoms with Gasteiger partial charge >= 0.3 is 6.18 Å². The Bertz CT molecular complexity index is 904. The molecular formula is C15H14F3N5OS. The van der Waals surface area contributed by atoms with Gasteiger partial charge in [-0.3, -0.25) is 4.79 Å². The Morgan fingerprint density at radius 2 is 2.16 bits per heavy atom. The van der Waals surface area contributed by atoms with E-state index in [9.17, 15) is 18.0 Å². The third kappa shape index (κ3) is 3.48. The molecule has 1 amide bonds. The van der Waals surface area contributed by atoms with Crippen LogP contribution in [0.25, 0.3) is 16.3 Å². The summed E-state index contributed by atoms with van der Waals surface area (Å²) in [4.78, 5) is 20.7. The van der Waals surface area contributed by atoms with Gasteiger partial charge in [0.05, 0.1) is 10.6 Å². The van der Waals surface area contributed by atoms with Gasteiger partial charge in [-0.05, 0) is 30.9 Å². The van der Waals surface area contributed by atoms with Crippen LogP contribution in [-0.4, -0.2) is 31.5 Å². The Morgan fingerprint density at radius 3 is 2.76 bits per heavy atom. The van der Waals surface area contributed by atoms with Crippen molar-refractivity contribution in [3.8, 4) is 10.6 Å². The van der Waals surface area contributed by atoms with Gasteiger partial charge in [-0.1, -0.05) is 13.0 Å². The molecule has 1 N–H and O–H groups in total. The standard InChI is InChI=1S/C15H14F3N5OS/c1-3-8(2)19-13(24)12-21-14-20-9(10-5-4-6-25-10)7-11(15(16,17)18)23(14)22-12/h4-8H,3H2,1-2H3,(H,19,24). The number of alkyl halides is 3. The van der Waals surface area contributed by atoms with Gasteiger partial charge in [-0.25, -0.2) is 4.98 Å². The highest BCUT2D eigenvalue weighted by atomic mass is 32.1. The molecule has 0 aliphatic rings. The zero-order valence-corrected chi connectivity index (χ0v) is 14.1. The van der Waals surface area contributed by atoms with E-state index in [2.05, 4.69) is 20.4 Å². The number of amides is 1. The van der Waals surface area contributed by atoms with Crippen LogP contribution in [-0.2, 0) is 6.18 Å². The number of hydrogen-bond donors (Lipinski definition) is 1. The number of halogens is 3. The van der Waals surface area contributed by atoms with Crippen LogP contribution in [0.2, 0.25) is 0 Å². The van der Waals surface area contributed by atoms with Crippen LogP contribution in [0.1, 0.15) is 36.6 Å². The van der Waals surface area contributed by atoms with E-state index >= 15 is 0 Å². The molecule has 3 rings (SSSR count). The molecule has 6 nitrogen and oxygen atoms in total. The Kier molecular flexibility index (Phi) is 4.46. The van der Waals surface area contributed by atoms with Gasteiger partial charge < -0.3 is 5.32 Å². The molecule has 25 heavy (non-hydrogen) atoms.